The van der Waals surface area contributed by atoms with Crippen LogP contribution in [-0.2, 0) is 4.74 Å². The van der Waals surface area contributed by atoms with Crippen LogP contribution in [0.15, 0.2) is 15.1 Å². The van der Waals surface area contributed by atoms with Crippen LogP contribution in [0.4, 0.5) is 0 Å². The second kappa shape index (κ2) is 6.71. The van der Waals surface area contributed by atoms with Gasteiger partial charge in [-0.1, -0.05) is 0 Å². The van der Waals surface area contributed by atoms with Crippen molar-refractivity contribution in [2.75, 3.05) is 38.6 Å². The first-order valence-corrected chi connectivity index (χ1v) is 8.82. The van der Waals surface area contributed by atoms with Gasteiger partial charge in [-0.3, -0.25) is 4.79 Å². The summed E-state index contributed by atoms with van der Waals surface area (Å²) >= 11 is 2.96. The lowest BCUT2D eigenvalue weighted by Crippen LogP contribution is -3.14. The number of aromatic amines is 1. The summed E-state index contributed by atoms with van der Waals surface area (Å²) < 4.78 is 6.75. The average Bonchev–Trinajstić information content (AvgIpc) is 2.86. The Kier molecular flexibility index (Phi) is 4.69. The summed E-state index contributed by atoms with van der Waals surface area (Å²) in [7, 11) is 0. The third-order valence-corrected chi connectivity index (χ3v) is 6.11. The van der Waals surface area contributed by atoms with E-state index in [4.69, 9.17) is 4.74 Å². The maximum Gasteiger partial charge on any atom is 0.252 e. The molecule has 8 heteroatoms. The predicted octanol–water partition coefficient (Wildman–Crippen LogP) is 0.174. The molecule has 2 aromatic rings. The summed E-state index contributed by atoms with van der Waals surface area (Å²) in [5, 5.41) is 19.2. The zero-order chi connectivity index (χ0) is 15.5. The average molecular weight is 338 g/mol. The summed E-state index contributed by atoms with van der Waals surface area (Å²) in [6.07, 6.45) is 0. The van der Waals surface area contributed by atoms with Gasteiger partial charge in [-0.15, -0.1) is 23.1 Å². The molecule has 0 saturated carbocycles. The molecule has 1 aliphatic rings. The molecular formula is C14H16N3O3S2+. The Morgan fingerprint density at radius 2 is 2.27 bits per heavy atom. The van der Waals surface area contributed by atoms with Crippen molar-refractivity contribution < 1.29 is 14.7 Å². The molecule has 0 atom stereocenters. The van der Waals surface area contributed by atoms with Crippen LogP contribution in [0, 0.1) is 11.3 Å². The number of hydrogen-bond donors (Lipinski definition) is 3. The van der Waals surface area contributed by atoms with E-state index in [2.05, 4.69) is 11.1 Å². The molecule has 0 amide bonds. The minimum atomic E-state index is -0.395. The van der Waals surface area contributed by atoms with Crippen molar-refractivity contribution in [1.82, 2.24) is 4.98 Å². The number of thioether (sulfide) groups is 1. The largest absolute Gasteiger partial charge is 0.506 e. The summed E-state index contributed by atoms with van der Waals surface area (Å²) in [4.78, 5) is 15.6. The van der Waals surface area contributed by atoms with Crippen molar-refractivity contribution >= 4 is 33.3 Å². The number of thiophene rings is 1. The standard InChI is InChI=1S/C14H15N3O3S2/c15-8-9-12-13(10(18)7-11(19)16-12)22-14(9)21-6-3-17-1-4-20-5-2-17/h7H,1-6H2,(H2,16,18,19)/p+1. The van der Waals surface area contributed by atoms with Crippen molar-refractivity contribution in [3.63, 3.8) is 0 Å². The molecule has 0 bridgehead atoms. The van der Waals surface area contributed by atoms with E-state index < -0.39 is 5.56 Å². The lowest BCUT2D eigenvalue weighted by atomic mass is 10.3. The summed E-state index contributed by atoms with van der Waals surface area (Å²) in [5.74, 6) is 0.827. The lowest BCUT2D eigenvalue weighted by Gasteiger charge is -2.23. The van der Waals surface area contributed by atoms with Crippen molar-refractivity contribution in [1.29, 1.82) is 5.26 Å². The summed E-state index contributed by atoms with van der Waals surface area (Å²) in [6, 6.07) is 3.29. The van der Waals surface area contributed by atoms with Crippen LogP contribution in [0.1, 0.15) is 5.56 Å². The Labute approximate surface area is 135 Å². The van der Waals surface area contributed by atoms with E-state index in [1.807, 2.05) is 0 Å². The highest BCUT2D eigenvalue weighted by Crippen LogP contribution is 2.39. The number of fused-ring (bicyclic) bond motifs is 1. The van der Waals surface area contributed by atoms with Gasteiger partial charge in [0, 0.05) is 11.8 Å². The van der Waals surface area contributed by atoms with Crippen LogP contribution in [0.3, 0.4) is 0 Å². The van der Waals surface area contributed by atoms with Crippen LogP contribution in [0.5, 0.6) is 5.75 Å². The normalized spacial score (nSPS) is 16.0. The zero-order valence-electron chi connectivity index (χ0n) is 11.8. The molecule has 1 aliphatic heterocycles. The Hall–Kier alpha value is -1.53. The zero-order valence-corrected chi connectivity index (χ0v) is 13.5. The second-order valence-corrected chi connectivity index (χ2v) is 7.44. The Bertz CT molecular complexity index is 772. The molecule has 3 N–H and O–H groups in total. The van der Waals surface area contributed by atoms with E-state index in [0.29, 0.717) is 15.8 Å². The van der Waals surface area contributed by atoms with Crippen LogP contribution in [-0.4, -0.2) is 48.7 Å². The number of rotatable bonds is 4. The molecule has 3 heterocycles. The molecule has 2 aromatic heterocycles. The second-order valence-electron chi connectivity index (χ2n) is 5.06. The first kappa shape index (κ1) is 15.4. The molecule has 0 unspecified atom stereocenters. The molecule has 1 saturated heterocycles. The highest BCUT2D eigenvalue weighted by Gasteiger charge is 2.18. The number of H-pyrrole nitrogens is 1. The minimum absolute atomic E-state index is 0.0640. The SMILES string of the molecule is N#Cc1c(SCC[NH+]2CCOCC2)sc2c(O)cc(=O)[nH]c12. The molecule has 22 heavy (non-hydrogen) atoms. The highest BCUT2D eigenvalue weighted by molar-refractivity contribution is 8.01. The number of nitrogens with zero attached hydrogens (tertiary/aromatic N) is 1. The van der Waals surface area contributed by atoms with Gasteiger partial charge in [-0.25, -0.2) is 0 Å². The molecule has 0 radical (unpaired) electrons. The first-order chi connectivity index (χ1) is 10.7. The number of aromatic hydroxyl groups is 1. The van der Waals surface area contributed by atoms with Gasteiger partial charge >= 0.3 is 0 Å². The van der Waals surface area contributed by atoms with Gasteiger partial charge in [0.25, 0.3) is 5.56 Å². The van der Waals surface area contributed by atoms with Gasteiger partial charge in [0.1, 0.15) is 30.5 Å². The van der Waals surface area contributed by atoms with E-state index in [1.165, 1.54) is 16.2 Å². The van der Waals surface area contributed by atoms with Crippen molar-refractivity contribution in [3.8, 4) is 11.8 Å². The van der Waals surface area contributed by atoms with E-state index in [9.17, 15) is 15.2 Å². The number of nitrogens with one attached hydrogen (secondary N) is 2. The van der Waals surface area contributed by atoms with Gasteiger partial charge in [0.2, 0.25) is 0 Å². The summed E-state index contributed by atoms with van der Waals surface area (Å²) in [6.45, 7) is 4.66. The molecule has 0 spiro atoms. The molecule has 6 nitrogen and oxygen atoms in total. The fraction of sp³-hybridized carbons (Fsp3) is 0.429. The Morgan fingerprint density at radius 3 is 3.00 bits per heavy atom. The highest BCUT2D eigenvalue weighted by atomic mass is 32.2. The fourth-order valence-corrected chi connectivity index (χ4v) is 4.92. The van der Waals surface area contributed by atoms with E-state index in [-0.39, 0.29) is 5.75 Å². The van der Waals surface area contributed by atoms with E-state index in [1.54, 1.807) is 11.8 Å². The molecule has 1 fully saturated rings. The van der Waals surface area contributed by atoms with E-state index in [0.717, 1.165) is 48.9 Å². The quantitative estimate of drug-likeness (QED) is 0.692. The number of aromatic nitrogens is 1. The minimum Gasteiger partial charge on any atom is -0.506 e. The maximum absolute atomic E-state index is 11.5. The number of nitriles is 1. The number of morpholine rings is 1. The van der Waals surface area contributed by atoms with Gasteiger partial charge in [0.05, 0.1) is 34.2 Å². The van der Waals surface area contributed by atoms with Gasteiger partial charge in [-0.2, -0.15) is 5.26 Å². The third kappa shape index (κ3) is 3.13. The first-order valence-electron chi connectivity index (χ1n) is 7.02. The Balaban J connectivity index is 1.77. The molecule has 3 rings (SSSR count). The molecular weight excluding hydrogens is 322 g/mol. The molecule has 0 aromatic carbocycles. The van der Waals surface area contributed by atoms with Crippen LogP contribution >= 0.6 is 23.1 Å². The topological polar surface area (TPSA) is 90.5 Å². The fourth-order valence-electron chi connectivity index (χ4n) is 2.46. The third-order valence-electron chi connectivity index (χ3n) is 3.63. The number of ether oxygens (including phenoxy) is 1. The van der Waals surface area contributed by atoms with Crippen molar-refractivity contribution in [2.45, 2.75) is 4.21 Å². The van der Waals surface area contributed by atoms with Gasteiger partial charge in [-0.05, 0) is 0 Å². The van der Waals surface area contributed by atoms with Crippen LogP contribution in [0.2, 0.25) is 0 Å². The van der Waals surface area contributed by atoms with Gasteiger partial charge < -0.3 is 19.7 Å². The Morgan fingerprint density at radius 1 is 1.50 bits per heavy atom. The lowest BCUT2D eigenvalue weighted by molar-refractivity contribution is -0.905. The van der Waals surface area contributed by atoms with Crippen LogP contribution in [0.25, 0.3) is 10.2 Å². The molecule has 0 aliphatic carbocycles. The number of quaternary nitrogens is 1. The summed E-state index contributed by atoms with van der Waals surface area (Å²) in [5.41, 5.74) is 0.502. The van der Waals surface area contributed by atoms with E-state index >= 15 is 0 Å². The van der Waals surface area contributed by atoms with Crippen molar-refractivity contribution in [2.24, 2.45) is 0 Å². The monoisotopic (exact) mass is 338 g/mol. The number of pyridine rings is 1. The maximum atomic E-state index is 11.5. The van der Waals surface area contributed by atoms with Crippen LogP contribution < -0.4 is 10.5 Å². The smallest absolute Gasteiger partial charge is 0.252 e. The number of hydrogen-bond acceptors (Lipinski definition) is 6. The molecule has 116 valence electrons. The van der Waals surface area contributed by atoms with Crippen molar-refractivity contribution in [3.05, 3.63) is 22.0 Å². The predicted molar refractivity (Wildman–Crippen MR) is 85.9 cm³/mol. The van der Waals surface area contributed by atoms with Gasteiger partial charge in [0.15, 0.2) is 0 Å².